The van der Waals surface area contributed by atoms with Crippen molar-refractivity contribution < 1.29 is 53.4 Å². The van der Waals surface area contributed by atoms with Gasteiger partial charge in [0.1, 0.15) is 23.2 Å². The molecule has 14 nitrogen and oxygen atoms in total. The molecular formula is C31H36N2O12. The van der Waals surface area contributed by atoms with Crippen LogP contribution in [-0.2, 0) is 20.6 Å². The summed E-state index contributed by atoms with van der Waals surface area (Å²) < 4.78 is 27.8. The molecular weight excluding hydrogens is 592 g/mol. The van der Waals surface area contributed by atoms with Crippen LogP contribution in [0.5, 0.6) is 17.2 Å². The highest BCUT2D eigenvalue weighted by Crippen LogP contribution is 2.38. The van der Waals surface area contributed by atoms with Crippen molar-refractivity contribution >= 4 is 28.7 Å². The van der Waals surface area contributed by atoms with Gasteiger partial charge in [0.05, 0.1) is 17.6 Å². The zero-order valence-electron chi connectivity index (χ0n) is 25.3. The highest BCUT2D eigenvalue weighted by atomic mass is 16.7. The predicted octanol–water partition coefficient (Wildman–Crippen LogP) is 2.60. The van der Waals surface area contributed by atoms with Crippen LogP contribution >= 0.6 is 0 Å². The fourth-order valence-corrected chi connectivity index (χ4v) is 5.11. The number of primary amides is 1. The van der Waals surface area contributed by atoms with E-state index >= 15 is 0 Å². The number of ether oxygens (including phenoxy) is 4. The number of aliphatic hydroxyl groups excluding tert-OH is 2. The van der Waals surface area contributed by atoms with Gasteiger partial charge in [-0.25, -0.2) is 9.59 Å². The third kappa shape index (κ3) is 7.04. The molecule has 3 aromatic rings. The SMILES string of the molecule is COC1C(OC(N)=O)C(O)C(Oc2cc(C)c3oc(=O)c(NC(=O)c4ccc(O)c(CC=C(C)CO)c4)c(O)c3c2)OC1(C)C. The molecule has 1 aliphatic rings. The number of aryl methyl sites for hydroxylation is 1. The van der Waals surface area contributed by atoms with E-state index in [9.17, 15) is 34.8 Å². The quantitative estimate of drug-likeness (QED) is 0.149. The highest BCUT2D eigenvalue weighted by molar-refractivity contribution is 6.06. The summed E-state index contributed by atoms with van der Waals surface area (Å²) in [6.45, 7) is 6.43. The number of fused-ring (bicyclic) bond motifs is 1. The summed E-state index contributed by atoms with van der Waals surface area (Å²) in [6.07, 6.45) is -4.26. The second-order valence-corrected chi connectivity index (χ2v) is 11.2. The minimum absolute atomic E-state index is 0.000162. The van der Waals surface area contributed by atoms with Gasteiger partial charge in [0.15, 0.2) is 23.6 Å². The molecule has 0 spiro atoms. The zero-order chi connectivity index (χ0) is 33.2. The Morgan fingerprint density at radius 3 is 2.53 bits per heavy atom. The van der Waals surface area contributed by atoms with Crippen LogP contribution in [0.3, 0.4) is 0 Å². The van der Waals surface area contributed by atoms with Crippen molar-refractivity contribution in [3.8, 4) is 17.2 Å². The number of hydrogen-bond donors (Lipinski definition) is 6. The first-order chi connectivity index (χ1) is 21.2. The fraction of sp³-hybridized carbons (Fsp3) is 0.387. The zero-order valence-corrected chi connectivity index (χ0v) is 25.3. The number of allylic oxidation sites excluding steroid dienone is 1. The van der Waals surface area contributed by atoms with E-state index in [0.717, 1.165) is 0 Å². The summed E-state index contributed by atoms with van der Waals surface area (Å²) in [5.74, 6) is -1.36. The third-order valence-electron chi connectivity index (χ3n) is 7.42. The summed E-state index contributed by atoms with van der Waals surface area (Å²) in [7, 11) is 1.36. The Bertz CT molecular complexity index is 1700. The molecule has 1 saturated heterocycles. The third-order valence-corrected chi connectivity index (χ3v) is 7.42. The Morgan fingerprint density at radius 2 is 1.89 bits per heavy atom. The summed E-state index contributed by atoms with van der Waals surface area (Å²) in [4.78, 5) is 37.5. The van der Waals surface area contributed by atoms with E-state index < -0.39 is 59.3 Å². The van der Waals surface area contributed by atoms with Crippen LogP contribution in [0.4, 0.5) is 10.5 Å². The largest absolute Gasteiger partial charge is 0.508 e. The summed E-state index contributed by atoms with van der Waals surface area (Å²) >= 11 is 0. The molecule has 242 valence electrons. The molecule has 2 heterocycles. The van der Waals surface area contributed by atoms with Crippen LogP contribution in [-0.4, -0.2) is 76.3 Å². The first kappa shape index (κ1) is 33.3. The van der Waals surface area contributed by atoms with Gasteiger partial charge in [0.25, 0.3) is 5.91 Å². The average Bonchev–Trinajstić information content (AvgIpc) is 2.97. The maximum absolute atomic E-state index is 13.1. The monoisotopic (exact) mass is 628 g/mol. The van der Waals surface area contributed by atoms with Crippen LogP contribution < -0.4 is 21.4 Å². The molecule has 2 aromatic carbocycles. The van der Waals surface area contributed by atoms with Gasteiger partial charge in [0.2, 0.25) is 6.29 Å². The van der Waals surface area contributed by atoms with Gasteiger partial charge in [-0.2, -0.15) is 0 Å². The summed E-state index contributed by atoms with van der Waals surface area (Å²) in [5, 5.41) is 43.9. The molecule has 45 heavy (non-hydrogen) atoms. The number of benzene rings is 2. The second-order valence-electron chi connectivity index (χ2n) is 11.2. The summed E-state index contributed by atoms with van der Waals surface area (Å²) in [6, 6.07) is 6.87. The van der Waals surface area contributed by atoms with E-state index in [0.29, 0.717) is 16.7 Å². The number of phenolic OH excluding ortho intramolecular Hbond substituents is 1. The van der Waals surface area contributed by atoms with Crippen LogP contribution in [0.25, 0.3) is 11.0 Å². The number of rotatable bonds is 9. The smallest absolute Gasteiger partial charge is 0.404 e. The molecule has 4 atom stereocenters. The number of aliphatic hydroxyl groups is 2. The van der Waals surface area contributed by atoms with Gasteiger partial charge < -0.3 is 54.8 Å². The van der Waals surface area contributed by atoms with Crippen molar-refractivity contribution in [3.63, 3.8) is 0 Å². The van der Waals surface area contributed by atoms with E-state index in [1.54, 1.807) is 33.8 Å². The molecule has 0 aliphatic carbocycles. The van der Waals surface area contributed by atoms with E-state index in [-0.39, 0.29) is 41.1 Å². The fourth-order valence-electron chi connectivity index (χ4n) is 5.11. The number of carbonyl (C=O) groups is 2. The lowest BCUT2D eigenvalue weighted by Gasteiger charge is -2.47. The number of anilines is 1. The normalized spacial score (nSPS) is 21.4. The van der Waals surface area contributed by atoms with Gasteiger partial charge in [-0.05, 0) is 75.6 Å². The lowest BCUT2D eigenvalue weighted by Crippen LogP contribution is -2.65. The number of nitrogens with two attached hydrogens (primary N) is 1. The number of phenols is 1. The molecule has 0 bridgehead atoms. The van der Waals surface area contributed by atoms with Crippen molar-refractivity contribution in [1.82, 2.24) is 0 Å². The molecule has 0 radical (unpaired) electrons. The number of methoxy groups -OCH3 is 1. The molecule has 0 saturated carbocycles. The molecule has 4 rings (SSSR count). The van der Waals surface area contributed by atoms with Crippen molar-refractivity contribution in [2.75, 3.05) is 19.0 Å². The number of aromatic hydroxyl groups is 2. The Hall–Kier alpha value is -4.63. The molecule has 1 fully saturated rings. The lowest BCUT2D eigenvalue weighted by molar-refractivity contribution is -0.304. The van der Waals surface area contributed by atoms with Crippen LogP contribution in [0.15, 0.2) is 51.2 Å². The van der Waals surface area contributed by atoms with Gasteiger partial charge in [-0.3, -0.25) is 4.79 Å². The minimum atomic E-state index is -1.54. The average molecular weight is 629 g/mol. The first-order valence-corrected chi connectivity index (χ1v) is 13.9. The Morgan fingerprint density at radius 1 is 1.18 bits per heavy atom. The van der Waals surface area contributed by atoms with Crippen molar-refractivity contribution in [2.24, 2.45) is 5.73 Å². The van der Waals surface area contributed by atoms with E-state index in [4.69, 9.17) is 29.1 Å². The van der Waals surface area contributed by atoms with Gasteiger partial charge in [-0.15, -0.1) is 0 Å². The minimum Gasteiger partial charge on any atom is -0.508 e. The van der Waals surface area contributed by atoms with Crippen molar-refractivity contribution in [2.45, 2.75) is 64.3 Å². The number of carbonyl (C=O) groups excluding carboxylic acids is 2. The van der Waals surface area contributed by atoms with Gasteiger partial charge >= 0.3 is 11.7 Å². The molecule has 4 unspecified atom stereocenters. The predicted molar refractivity (Wildman–Crippen MR) is 160 cm³/mol. The molecule has 2 amide bonds. The number of nitrogens with one attached hydrogen (secondary N) is 1. The lowest BCUT2D eigenvalue weighted by atomic mass is 9.89. The Labute approximate surface area is 257 Å². The summed E-state index contributed by atoms with van der Waals surface area (Å²) in [5.41, 5.74) is 4.07. The maximum Gasteiger partial charge on any atom is 0.404 e. The Balaban J connectivity index is 1.65. The van der Waals surface area contributed by atoms with Gasteiger partial charge in [0, 0.05) is 12.7 Å². The Kier molecular flexibility index (Phi) is 9.73. The highest BCUT2D eigenvalue weighted by Gasteiger charge is 2.53. The maximum atomic E-state index is 13.1. The molecule has 7 N–H and O–H groups in total. The van der Waals surface area contributed by atoms with Crippen LogP contribution in [0.2, 0.25) is 0 Å². The van der Waals surface area contributed by atoms with Gasteiger partial charge in [-0.1, -0.05) is 11.6 Å². The van der Waals surface area contributed by atoms with E-state index in [1.165, 1.54) is 37.4 Å². The second kappa shape index (κ2) is 13.2. The topological polar surface area (TPSA) is 220 Å². The van der Waals surface area contributed by atoms with Crippen LogP contribution in [0.1, 0.15) is 42.3 Å². The van der Waals surface area contributed by atoms with Crippen molar-refractivity contribution in [3.05, 3.63) is 69.1 Å². The number of hydrogen-bond acceptors (Lipinski definition) is 12. The van der Waals surface area contributed by atoms with E-state index in [2.05, 4.69) is 5.32 Å². The van der Waals surface area contributed by atoms with E-state index in [1.807, 2.05) is 0 Å². The van der Waals surface area contributed by atoms with Crippen molar-refractivity contribution in [1.29, 1.82) is 0 Å². The molecule has 1 aromatic heterocycles. The standard InChI is InChI=1S/C31H36N2O12/c1-14(13-34)6-7-16-11-17(8-9-20(16)35)27(38)33-21-22(36)19-12-18(10-15(2)24(19)43-28(21)39)42-29-23(37)25(44-30(32)40)26(41-5)31(3,4)45-29/h6,8-12,23,25-26,29,34-37H,7,13H2,1-5H3,(H2,32,40)(H,33,38). The number of amides is 2. The molecule has 1 aliphatic heterocycles. The van der Waals surface area contributed by atoms with Crippen LogP contribution in [0, 0.1) is 6.92 Å². The first-order valence-electron chi connectivity index (χ1n) is 13.9. The molecule has 14 heteroatoms.